The first-order valence-corrected chi connectivity index (χ1v) is 9.40. The number of carbonyl (C=O) groups is 1. The first kappa shape index (κ1) is 17.6. The van der Waals surface area contributed by atoms with E-state index in [2.05, 4.69) is 15.0 Å². The van der Waals surface area contributed by atoms with Crippen LogP contribution in [0.1, 0.15) is 25.7 Å². The van der Waals surface area contributed by atoms with Gasteiger partial charge in [0.25, 0.3) is 5.88 Å². The molecule has 0 unspecified atom stereocenters. The number of nitrogens with zero attached hydrogens (tertiary/aromatic N) is 4. The average Bonchev–Trinajstić information content (AvgIpc) is 3.02. The Kier molecular flexibility index (Phi) is 5.11. The predicted molar refractivity (Wildman–Crippen MR) is 105 cm³/mol. The summed E-state index contributed by atoms with van der Waals surface area (Å²) >= 11 is 0. The normalized spacial score (nSPS) is 19.9. The molecule has 0 saturated carbocycles. The Morgan fingerprint density at radius 2 is 2.04 bits per heavy atom. The number of allylic oxidation sites excluding steroid dienone is 2. The maximum absolute atomic E-state index is 12.2. The van der Waals surface area contributed by atoms with Crippen LogP contribution in [0.3, 0.4) is 0 Å². The van der Waals surface area contributed by atoms with Crippen molar-refractivity contribution in [2.75, 3.05) is 26.2 Å². The highest BCUT2D eigenvalue weighted by Gasteiger charge is 2.20. The number of Topliss-reactive ketones (excluding diaryl/α,β-unsaturated/α-hetero) is 1. The molecular formula is C20H23N5O2. The number of aromatic nitrogens is 2. The Balaban J connectivity index is 1.58. The summed E-state index contributed by atoms with van der Waals surface area (Å²) in [4.78, 5) is 19.2. The van der Waals surface area contributed by atoms with Crippen molar-refractivity contribution in [1.82, 2.24) is 14.5 Å². The second-order valence-corrected chi connectivity index (χ2v) is 6.89. The second-order valence-electron chi connectivity index (χ2n) is 6.89. The van der Waals surface area contributed by atoms with Crippen LogP contribution in [-0.4, -0.2) is 58.0 Å². The zero-order chi connectivity index (χ0) is 18.6. The number of fused-ring (bicyclic) bond motifs is 1. The zero-order valence-electron chi connectivity index (χ0n) is 15.2. The van der Waals surface area contributed by atoms with Crippen LogP contribution in [0, 0.1) is 5.41 Å². The van der Waals surface area contributed by atoms with Crippen LogP contribution in [0.4, 0.5) is 5.69 Å². The number of aliphatic imine (C=N–C) groups is 1. The molecule has 1 N–H and O–H groups in total. The van der Waals surface area contributed by atoms with Crippen molar-refractivity contribution in [1.29, 1.82) is 5.41 Å². The molecule has 3 heterocycles. The quantitative estimate of drug-likeness (QED) is 0.883. The third-order valence-corrected chi connectivity index (χ3v) is 4.89. The van der Waals surface area contributed by atoms with Gasteiger partial charge in [-0.2, -0.15) is 0 Å². The van der Waals surface area contributed by atoms with E-state index in [4.69, 9.17) is 10.1 Å². The molecule has 7 heteroatoms. The van der Waals surface area contributed by atoms with Gasteiger partial charge in [-0.15, -0.1) is 5.10 Å². The molecule has 27 heavy (non-hydrogen) atoms. The van der Waals surface area contributed by atoms with Gasteiger partial charge in [0.2, 0.25) is 0 Å². The Hall–Kier alpha value is -2.80. The van der Waals surface area contributed by atoms with Crippen molar-refractivity contribution in [3.05, 3.63) is 36.5 Å². The van der Waals surface area contributed by atoms with Gasteiger partial charge in [0.1, 0.15) is 12.3 Å². The van der Waals surface area contributed by atoms with Gasteiger partial charge in [0.15, 0.2) is 11.5 Å². The maximum atomic E-state index is 12.2. The van der Waals surface area contributed by atoms with Crippen molar-refractivity contribution in [2.45, 2.75) is 25.7 Å². The van der Waals surface area contributed by atoms with E-state index in [1.54, 1.807) is 16.7 Å². The molecule has 0 aromatic carbocycles. The molecule has 0 spiro atoms. The largest absolute Gasteiger partial charge is 0.474 e. The van der Waals surface area contributed by atoms with Crippen LogP contribution >= 0.6 is 0 Å². The summed E-state index contributed by atoms with van der Waals surface area (Å²) < 4.78 is 7.68. The summed E-state index contributed by atoms with van der Waals surface area (Å²) in [7, 11) is 0. The summed E-state index contributed by atoms with van der Waals surface area (Å²) in [6.07, 6.45) is 8.93. The predicted octanol–water partition coefficient (Wildman–Crippen LogP) is 2.82. The zero-order valence-corrected chi connectivity index (χ0v) is 15.2. The van der Waals surface area contributed by atoms with Crippen LogP contribution in [0.25, 0.3) is 5.52 Å². The van der Waals surface area contributed by atoms with Gasteiger partial charge in [-0.3, -0.25) is 9.69 Å². The lowest BCUT2D eigenvalue weighted by molar-refractivity contribution is -0.111. The molecule has 2 aromatic heterocycles. The fraction of sp³-hybridized carbons (Fsp3) is 0.400. The number of likely N-dealkylation sites (tertiary alicyclic amines) is 1. The van der Waals surface area contributed by atoms with Crippen LogP contribution in [0.2, 0.25) is 0 Å². The molecule has 1 fully saturated rings. The van der Waals surface area contributed by atoms with Gasteiger partial charge in [-0.05, 0) is 50.2 Å². The monoisotopic (exact) mass is 365 g/mol. The number of hydrogen-bond acceptors (Lipinski definition) is 6. The number of rotatable bonds is 5. The molecular weight excluding hydrogens is 342 g/mol. The fourth-order valence-corrected chi connectivity index (χ4v) is 3.44. The van der Waals surface area contributed by atoms with E-state index in [9.17, 15) is 4.79 Å². The summed E-state index contributed by atoms with van der Waals surface area (Å²) in [6.45, 7) is 3.64. The smallest absolute Gasteiger partial charge is 0.260 e. The highest BCUT2D eigenvalue weighted by molar-refractivity contribution is 6.50. The summed E-state index contributed by atoms with van der Waals surface area (Å²) in [5.74, 6) is 0.282. The van der Waals surface area contributed by atoms with Crippen LogP contribution in [-0.2, 0) is 4.79 Å². The molecule has 2 aliphatic rings. The molecule has 4 rings (SSSR count). The second kappa shape index (κ2) is 7.84. The fourth-order valence-electron chi connectivity index (χ4n) is 3.44. The van der Waals surface area contributed by atoms with Crippen molar-refractivity contribution < 1.29 is 9.53 Å². The Morgan fingerprint density at radius 1 is 1.19 bits per heavy atom. The molecule has 0 atom stereocenters. The van der Waals surface area contributed by atoms with E-state index in [-0.39, 0.29) is 12.2 Å². The molecule has 1 aliphatic carbocycles. The van der Waals surface area contributed by atoms with Crippen LogP contribution < -0.4 is 4.74 Å². The number of nitrogens with one attached hydrogen (secondary N) is 1. The minimum Gasteiger partial charge on any atom is -0.474 e. The maximum Gasteiger partial charge on any atom is 0.260 e. The Bertz CT molecular complexity index is 922. The highest BCUT2D eigenvalue weighted by Crippen LogP contribution is 2.32. The van der Waals surface area contributed by atoms with Crippen molar-refractivity contribution in [3.63, 3.8) is 0 Å². The Labute approximate surface area is 157 Å². The van der Waals surface area contributed by atoms with Crippen molar-refractivity contribution in [2.24, 2.45) is 4.99 Å². The third kappa shape index (κ3) is 3.98. The van der Waals surface area contributed by atoms with Gasteiger partial charge >= 0.3 is 0 Å². The molecule has 7 nitrogen and oxygen atoms in total. The van der Waals surface area contributed by atoms with E-state index >= 15 is 0 Å². The summed E-state index contributed by atoms with van der Waals surface area (Å²) in [6, 6.07) is 5.71. The van der Waals surface area contributed by atoms with Crippen molar-refractivity contribution >= 4 is 28.4 Å². The summed E-state index contributed by atoms with van der Waals surface area (Å²) in [5, 5.41) is 12.1. The minimum absolute atomic E-state index is 0.0830. The number of pyridine rings is 1. The van der Waals surface area contributed by atoms with Gasteiger partial charge in [0.05, 0.1) is 11.9 Å². The number of carbonyl (C=O) groups excluding carboxylic acids is 1. The molecule has 1 saturated heterocycles. The van der Waals surface area contributed by atoms with Crippen LogP contribution in [0.15, 0.2) is 41.5 Å². The lowest BCUT2D eigenvalue weighted by Gasteiger charge is -2.25. The molecule has 140 valence electrons. The minimum atomic E-state index is -0.156. The lowest BCUT2D eigenvalue weighted by Crippen LogP contribution is -2.33. The van der Waals surface area contributed by atoms with E-state index in [0.717, 1.165) is 25.2 Å². The first-order valence-electron chi connectivity index (χ1n) is 9.40. The Morgan fingerprint density at radius 3 is 2.85 bits per heavy atom. The molecule has 0 bridgehead atoms. The van der Waals surface area contributed by atoms with E-state index in [1.165, 1.54) is 19.3 Å². The number of piperidine rings is 1. The SMILES string of the molecule is N=C1C=CC(=Nc2c(OCCN3CCCCC3)nn3ccccc23)C(=O)C1. The molecule has 1 aliphatic heterocycles. The molecule has 2 aromatic rings. The van der Waals surface area contributed by atoms with Gasteiger partial charge < -0.3 is 10.1 Å². The first-order chi connectivity index (χ1) is 13.2. The number of hydrogen-bond donors (Lipinski definition) is 1. The summed E-state index contributed by atoms with van der Waals surface area (Å²) in [5.41, 5.74) is 2.00. The standard InChI is InChI=1S/C20H23N5O2/c21-15-7-8-16(18(26)14-15)22-19-17-6-2-5-11-25(17)23-20(19)27-13-12-24-9-3-1-4-10-24/h2,5-8,11,21H,1,3-4,9-10,12-14H2. The molecule has 0 radical (unpaired) electrons. The van der Waals surface area contributed by atoms with Gasteiger partial charge in [-0.25, -0.2) is 9.51 Å². The lowest BCUT2D eigenvalue weighted by atomic mass is 10.0. The van der Waals surface area contributed by atoms with Crippen LogP contribution in [0.5, 0.6) is 5.88 Å². The number of ether oxygens (including phenoxy) is 1. The topological polar surface area (TPSA) is 83.1 Å². The van der Waals surface area contributed by atoms with Gasteiger partial charge in [0, 0.05) is 18.5 Å². The highest BCUT2D eigenvalue weighted by atomic mass is 16.5. The number of ketones is 1. The van der Waals surface area contributed by atoms with Gasteiger partial charge in [-0.1, -0.05) is 12.5 Å². The van der Waals surface area contributed by atoms with Crippen molar-refractivity contribution in [3.8, 4) is 5.88 Å². The van der Waals surface area contributed by atoms with E-state index < -0.39 is 0 Å². The molecule has 0 amide bonds. The van der Waals surface area contributed by atoms with E-state index in [0.29, 0.717) is 29.6 Å². The third-order valence-electron chi connectivity index (χ3n) is 4.89. The van der Waals surface area contributed by atoms with E-state index in [1.807, 2.05) is 24.4 Å². The average molecular weight is 365 g/mol.